The van der Waals surface area contributed by atoms with Crippen molar-refractivity contribution in [1.29, 1.82) is 0 Å². The summed E-state index contributed by atoms with van der Waals surface area (Å²) < 4.78 is 28.1. The molecule has 22 heavy (non-hydrogen) atoms. The minimum absolute atomic E-state index is 0.304. The highest BCUT2D eigenvalue weighted by molar-refractivity contribution is 7.90. The summed E-state index contributed by atoms with van der Waals surface area (Å²) >= 11 is 1.50. The fourth-order valence-corrected chi connectivity index (χ4v) is 3.66. The fourth-order valence-electron chi connectivity index (χ4n) is 2.21. The molecule has 0 saturated carbocycles. The molecule has 0 saturated heterocycles. The van der Waals surface area contributed by atoms with Crippen molar-refractivity contribution in [2.24, 2.45) is 0 Å². The summed E-state index contributed by atoms with van der Waals surface area (Å²) in [4.78, 5) is 4.91. The predicted octanol–water partition coefficient (Wildman–Crippen LogP) is 3.49. The fraction of sp³-hybridized carbons (Fsp3) is 0.200. The first-order valence-electron chi connectivity index (χ1n) is 6.55. The molecule has 5 nitrogen and oxygen atoms in total. The molecule has 0 aliphatic heterocycles. The lowest BCUT2D eigenvalue weighted by molar-refractivity contribution is 0.393. The second-order valence-corrected chi connectivity index (χ2v) is 7.91. The zero-order valence-corrected chi connectivity index (χ0v) is 14.0. The molecule has 7 heteroatoms. The van der Waals surface area contributed by atoms with Gasteiger partial charge in [0.1, 0.15) is 10.8 Å². The molecule has 2 heterocycles. The van der Waals surface area contributed by atoms with Gasteiger partial charge in [0.2, 0.25) is 0 Å². The van der Waals surface area contributed by atoms with Gasteiger partial charge in [0, 0.05) is 17.2 Å². The van der Waals surface area contributed by atoms with Crippen LogP contribution in [-0.2, 0) is 9.84 Å². The second kappa shape index (κ2) is 5.33. The molecule has 0 amide bonds. The highest BCUT2D eigenvalue weighted by Crippen LogP contribution is 2.32. The summed E-state index contributed by atoms with van der Waals surface area (Å²) in [6.07, 6.45) is 1.20. The smallest absolute Gasteiger partial charge is 0.175 e. The Bertz CT molecular complexity index is 903. The molecule has 0 radical (unpaired) electrons. The highest BCUT2D eigenvalue weighted by Gasteiger charge is 2.15. The number of rotatable bonds is 3. The van der Waals surface area contributed by atoms with Crippen molar-refractivity contribution in [2.45, 2.75) is 18.7 Å². The van der Waals surface area contributed by atoms with E-state index in [2.05, 4.69) is 10.1 Å². The monoisotopic (exact) mass is 334 g/mol. The van der Waals surface area contributed by atoms with Gasteiger partial charge >= 0.3 is 0 Å². The van der Waals surface area contributed by atoms with E-state index in [1.807, 2.05) is 19.2 Å². The summed E-state index contributed by atoms with van der Waals surface area (Å²) in [5, 5.41) is 6.72. The van der Waals surface area contributed by atoms with Gasteiger partial charge in [-0.05, 0) is 26.0 Å². The van der Waals surface area contributed by atoms with E-state index in [0.29, 0.717) is 4.90 Å². The molecule has 0 fully saturated rings. The van der Waals surface area contributed by atoms with Gasteiger partial charge in [0.25, 0.3) is 0 Å². The van der Waals surface area contributed by atoms with E-state index in [0.717, 1.165) is 33.3 Å². The standard InChI is InChI=1S/C15H14N2O3S2/c1-9-14(10(2)20-17-9)13-8-21-15(16-13)11-4-6-12(7-5-11)22(3,18)19/h4-8H,1-3H3. The number of aryl methyl sites for hydroxylation is 2. The number of nitrogens with zero attached hydrogens (tertiary/aromatic N) is 2. The van der Waals surface area contributed by atoms with Crippen molar-refractivity contribution in [3.63, 3.8) is 0 Å². The molecule has 3 aromatic rings. The molecule has 0 bridgehead atoms. The third-order valence-corrected chi connectivity index (χ3v) is 5.34. The van der Waals surface area contributed by atoms with Crippen molar-refractivity contribution in [3.05, 3.63) is 41.1 Å². The van der Waals surface area contributed by atoms with Crippen LogP contribution >= 0.6 is 11.3 Å². The number of benzene rings is 1. The molecule has 0 unspecified atom stereocenters. The SMILES string of the molecule is Cc1noc(C)c1-c1csc(-c2ccc(S(C)(=O)=O)cc2)n1. The van der Waals surface area contributed by atoms with E-state index in [-0.39, 0.29) is 0 Å². The summed E-state index contributed by atoms with van der Waals surface area (Å²) in [5.41, 5.74) is 3.43. The maximum Gasteiger partial charge on any atom is 0.175 e. The zero-order chi connectivity index (χ0) is 15.9. The van der Waals surface area contributed by atoms with Crippen LogP contribution in [-0.4, -0.2) is 24.8 Å². The Labute approximate surface area is 132 Å². The number of aromatic nitrogens is 2. The Morgan fingerprint density at radius 1 is 1.14 bits per heavy atom. The molecule has 0 aliphatic rings. The number of hydrogen-bond donors (Lipinski definition) is 0. The largest absolute Gasteiger partial charge is 0.361 e. The van der Waals surface area contributed by atoms with Crippen LogP contribution in [0.3, 0.4) is 0 Å². The van der Waals surface area contributed by atoms with Gasteiger partial charge in [-0.15, -0.1) is 11.3 Å². The summed E-state index contributed by atoms with van der Waals surface area (Å²) in [7, 11) is -3.18. The minimum Gasteiger partial charge on any atom is -0.361 e. The van der Waals surface area contributed by atoms with Crippen LogP contribution in [0.25, 0.3) is 21.8 Å². The minimum atomic E-state index is -3.18. The molecule has 0 spiro atoms. The Balaban J connectivity index is 1.98. The molecule has 0 aliphatic carbocycles. The van der Waals surface area contributed by atoms with Crippen LogP contribution in [0.15, 0.2) is 39.1 Å². The Hall–Kier alpha value is -1.99. The quantitative estimate of drug-likeness (QED) is 0.733. The average Bonchev–Trinajstić information content (AvgIpc) is 3.05. The Kier molecular flexibility index (Phi) is 3.62. The topological polar surface area (TPSA) is 73.1 Å². The maximum absolute atomic E-state index is 11.5. The van der Waals surface area contributed by atoms with Crippen molar-refractivity contribution in [3.8, 4) is 21.8 Å². The molecule has 2 aromatic heterocycles. The van der Waals surface area contributed by atoms with Crippen LogP contribution < -0.4 is 0 Å². The first kappa shape index (κ1) is 14.9. The molecule has 0 atom stereocenters. The van der Waals surface area contributed by atoms with E-state index in [4.69, 9.17) is 4.52 Å². The lowest BCUT2D eigenvalue weighted by atomic mass is 10.1. The van der Waals surface area contributed by atoms with Gasteiger partial charge in [0.05, 0.1) is 21.8 Å². The normalized spacial score (nSPS) is 11.8. The first-order valence-corrected chi connectivity index (χ1v) is 9.32. The highest BCUT2D eigenvalue weighted by atomic mass is 32.2. The van der Waals surface area contributed by atoms with Gasteiger partial charge in [-0.2, -0.15) is 0 Å². The van der Waals surface area contributed by atoms with Crippen LogP contribution in [0.1, 0.15) is 11.5 Å². The van der Waals surface area contributed by atoms with Gasteiger partial charge in [-0.3, -0.25) is 0 Å². The van der Waals surface area contributed by atoms with Gasteiger partial charge in [-0.25, -0.2) is 13.4 Å². The molecule has 0 N–H and O–H groups in total. The third kappa shape index (κ3) is 2.69. The summed E-state index contributed by atoms with van der Waals surface area (Å²) in [5.74, 6) is 0.738. The van der Waals surface area contributed by atoms with E-state index < -0.39 is 9.84 Å². The molecule has 114 valence electrons. The first-order chi connectivity index (χ1) is 10.4. The molecular formula is C15H14N2O3S2. The molecule has 3 rings (SSSR count). The van der Waals surface area contributed by atoms with Crippen molar-refractivity contribution < 1.29 is 12.9 Å². The number of sulfone groups is 1. The van der Waals surface area contributed by atoms with Gasteiger partial charge in [-0.1, -0.05) is 17.3 Å². The Morgan fingerprint density at radius 2 is 1.82 bits per heavy atom. The van der Waals surface area contributed by atoms with Crippen LogP contribution in [0.2, 0.25) is 0 Å². The van der Waals surface area contributed by atoms with E-state index >= 15 is 0 Å². The zero-order valence-electron chi connectivity index (χ0n) is 12.3. The lowest BCUT2D eigenvalue weighted by Crippen LogP contribution is -1.96. The third-order valence-electron chi connectivity index (χ3n) is 3.32. The number of thiazole rings is 1. The van der Waals surface area contributed by atoms with Gasteiger partial charge < -0.3 is 4.52 Å². The maximum atomic E-state index is 11.5. The predicted molar refractivity (Wildman–Crippen MR) is 85.6 cm³/mol. The summed E-state index contributed by atoms with van der Waals surface area (Å²) in [6.45, 7) is 3.74. The molecule has 1 aromatic carbocycles. The van der Waals surface area contributed by atoms with Crippen molar-refractivity contribution in [1.82, 2.24) is 10.1 Å². The summed E-state index contributed by atoms with van der Waals surface area (Å²) in [6, 6.07) is 6.74. The number of hydrogen-bond acceptors (Lipinski definition) is 6. The van der Waals surface area contributed by atoms with Gasteiger partial charge in [0.15, 0.2) is 9.84 Å². The second-order valence-electron chi connectivity index (χ2n) is 5.03. The van der Waals surface area contributed by atoms with E-state index in [9.17, 15) is 8.42 Å². The van der Waals surface area contributed by atoms with E-state index in [1.165, 1.54) is 17.6 Å². The van der Waals surface area contributed by atoms with Crippen molar-refractivity contribution in [2.75, 3.05) is 6.26 Å². The van der Waals surface area contributed by atoms with Crippen LogP contribution in [0, 0.1) is 13.8 Å². The average molecular weight is 334 g/mol. The van der Waals surface area contributed by atoms with Crippen molar-refractivity contribution >= 4 is 21.2 Å². The van der Waals surface area contributed by atoms with E-state index in [1.54, 1.807) is 24.3 Å². The Morgan fingerprint density at radius 3 is 2.36 bits per heavy atom. The molecular weight excluding hydrogens is 320 g/mol. The van der Waals surface area contributed by atoms with Crippen LogP contribution in [0.5, 0.6) is 0 Å². The lowest BCUT2D eigenvalue weighted by Gasteiger charge is -2.00. The van der Waals surface area contributed by atoms with Crippen LogP contribution in [0.4, 0.5) is 0 Å².